The number of hydrogen-bond donors (Lipinski definition) is 1. The molecule has 0 spiro atoms. The van der Waals surface area contributed by atoms with Crippen LogP contribution in [0.5, 0.6) is 5.75 Å². The van der Waals surface area contributed by atoms with Gasteiger partial charge in [0.25, 0.3) is 0 Å². The summed E-state index contributed by atoms with van der Waals surface area (Å²) in [6, 6.07) is 64.0. The van der Waals surface area contributed by atoms with E-state index < -0.39 is 0 Å². The van der Waals surface area contributed by atoms with Crippen molar-refractivity contribution in [2.75, 3.05) is 0 Å². The summed E-state index contributed by atoms with van der Waals surface area (Å²) < 4.78 is 0. The summed E-state index contributed by atoms with van der Waals surface area (Å²) in [7, 11) is -0.311. The Kier molecular flexibility index (Phi) is 9.29. The fourth-order valence-electron chi connectivity index (χ4n) is 5.24. The summed E-state index contributed by atoms with van der Waals surface area (Å²) in [5, 5.41) is 9.99. The van der Waals surface area contributed by atoms with Gasteiger partial charge in [-0.1, -0.05) is 108 Å². The molecule has 0 bridgehead atoms. The van der Waals surface area contributed by atoms with Crippen molar-refractivity contribution in [1.29, 1.82) is 0 Å². The molecule has 0 heterocycles. The Morgan fingerprint density at radius 2 is 0.587 bits per heavy atom. The van der Waals surface area contributed by atoms with Crippen LogP contribution in [0.3, 0.4) is 0 Å². The van der Waals surface area contributed by atoms with Crippen molar-refractivity contribution in [2.45, 2.75) is 34.3 Å². The van der Waals surface area contributed by atoms with Crippen molar-refractivity contribution in [2.24, 2.45) is 0 Å². The molecule has 1 nitrogen and oxygen atoms in total. The Labute approximate surface area is 282 Å². The molecular weight excluding hydrogens is 617 g/mol. The highest BCUT2D eigenvalue weighted by Gasteiger charge is 2.28. The van der Waals surface area contributed by atoms with E-state index in [9.17, 15) is 5.11 Å². The molecule has 0 fully saturated rings. The van der Waals surface area contributed by atoms with Crippen LogP contribution in [0.25, 0.3) is 22.3 Å². The van der Waals surface area contributed by atoms with Crippen molar-refractivity contribution in [3.63, 3.8) is 0 Å². The van der Waals surface area contributed by atoms with Gasteiger partial charge in [-0.25, -0.2) is 0 Å². The van der Waals surface area contributed by atoms with Gasteiger partial charge in [0.2, 0.25) is 0 Å². The van der Waals surface area contributed by atoms with E-state index in [1.54, 1.807) is 35.7 Å². The zero-order valence-corrected chi connectivity index (χ0v) is 27.4. The van der Waals surface area contributed by atoms with Gasteiger partial charge >= 0.3 is 0 Å². The summed E-state index contributed by atoms with van der Waals surface area (Å²) in [5.41, 5.74) is 4.91. The number of phenolic OH excluding ortho intramolecular Hbond substituents is 1. The minimum absolute atomic E-state index is 0.280. The first-order valence-corrected chi connectivity index (χ1v) is 17.9. The fraction of sp³-hybridized carbons (Fsp3) is 0. The van der Waals surface area contributed by atoms with Crippen molar-refractivity contribution in [3.05, 3.63) is 182 Å². The molecule has 0 aliphatic rings. The molecule has 4 heteroatoms. The average Bonchev–Trinajstić information content (AvgIpc) is 3.12. The quantitative estimate of drug-likeness (QED) is 0.157. The topological polar surface area (TPSA) is 20.2 Å². The SMILES string of the molecule is Oc1ccc([S+](c2ccc(Sc3ccc(-c4ccccc4)cc3)cc2)c2ccc(Sc3ccc(-c4ccccc4)cc3)cc2)cc1. The predicted octanol–water partition coefficient (Wildman–Crippen LogP) is 12.1. The standard InChI is InChI=1S/C42H30OS3/c43-35-15-25-40(26-16-35)46(41-27-21-38(22-28-41)44-36-17-11-33(12-18-36)31-7-3-1-4-8-31)42-29-23-39(24-30-42)45-37-19-13-34(14-20-37)32-9-5-2-6-10-32/h1-30H/p+1. The molecule has 0 amide bonds. The lowest BCUT2D eigenvalue weighted by Crippen LogP contribution is -2.04. The molecule has 7 rings (SSSR count). The van der Waals surface area contributed by atoms with Crippen LogP contribution < -0.4 is 0 Å². The maximum atomic E-state index is 9.99. The van der Waals surface area contributed by atoms with Crippen LogP contribution in [-0.4, -0.2) is 5.11 Å². The molecule has 0 atom stereocenters. The lowest BCUT2D eigenvalue weighted by atomic mass is 10.1. The molecule has 222 valence electrons. The molecule has 7 aromatic carbocycles. The molecule has 0 aliphatic heterocycles. The molecule has 0 saturated heterocycles. The average molecular weight is 648 g/mol. The Morgan fingerprint density at radius 3 is 0.935 bits per heavy atom. The molecule has 0 saturated carbocycles. The first-order chi connectivity index (χ1) is 22.7. The Balaban J connectivity index is 1.08. The van der Waals surface area contributed by atoms with E-state index in [0.29, 0.717) is 0 Å². The van der Waals surface area contributed by atoms with Crippen molar-refractivity contribution in [1.82, 2.24) is 0 Å². The number of benzene rings is 7. The Morgan fingerprint density at radius 1 is 0.304 bits per heavy atom. The van der Waals surface area contributed by atoms with Gasteiger partial charge in [-0.15, -0.1) is 0 Å². The summed E-state index contributed by atoms with van der Waals surface area (Å²) in [4.78, 5) is 8.50. The zero-order chi connectivity index (χ0) is 31.1. The van der Waals surface area contributed by atoms with Gasteiger partial charge in [-0.05, 0) is 119 Å². The van der Waals surface area contributed by atoms with E-state index in [0.717, 1.165) is 0 Å². The summed E-state index contributed by atoms with van der Waals surface area (Å²) in [6.45, 7) is 0. The van der Waals surface area contributed by atoms with E-state index in [-0.39, 0.29) is 16.6 Å². The number of rotatable bonds is 9. The second-order valence-corrected chi connectivity index (χ2v) is 15.0. The van der Waals surface area contributed by atoms with Gasteiger partial charge in [-0.3, -0.25) is 0 Å². The van der Waals surface area contributed by atoms with Gasteiger partial charge in [0.05, 0.1) is 10.9 Å². The highest BCUT2D eigenvalue weighted by molar-refractivity contribution is 7.99. The second kappa shape index (κ2) is 14.2. The first kappa shape index (κ1) is 30.1. The third kappa shape index (κ3) is 7.27. The van der Waals surface area contributed by atoms with Crippen LogP contribution in [0.2, 0.25) is 0 Å². The monoisotopic (exact) mass is 647 g/mol. The summed E-state index contributed by atoms with van der Waals surface area (Å²) in [5.74, 6) is 0.280. The van der Waals surface area contributed by atoms with Crippen molar-refractivity contribution in [3.8, 4) is 28.0 Å². The van der Waals surface area contributed by atoms with Crippen LogP contribution in [0, 0.1) is 0 Å². The predicted molar refractivity (Wildman–Crippen MR) is 195 cm³/mol. The number of aromatic hydroxyl groups is 1. The third-order valence-corrected chi connectivity index (χ3v) is 11.8. The molecule has 7 aromatic rings. The Bertz CT molecular complexity index is 1860. The van der Waals surface area contributed by atoms with Crippen LogP contribution >= 0.6 is 23.5 Å². The normalized spacial score (nSPS) is 11.1. The minimum atomic E-state index is -0.311. The first-order valence-electron chi connectivity index (χ1n) is 15.1. The van der Waals surface area contributed by atoms with Crippen molar-refractivity contribution < 1.29 is 5.11 Å². The summed E-state index contributed by atoms with van der Waals surface area (Å²) >= 11 is 3.55. The summed E-state index contributed by atoms with van der Waals surface area (Å²) in [6.07, 6.45) is 0. The second-order valence-electron chi connectivity index (χ2n) is 10.7. The largest absolute Gasteiger partial charge is 0.508 e. The van der Waals surface area contributed by atoms with Crippen LogP contribution in [0.1, 0.15) is 0 Å². The lowest BCUT2D eigenvalue weighted by Gasteiger charge is -2.10. The van der Waals surface area contributed by atoms with Crippen molar-refractivity contribution >= 4 is 34.4 Å². The van der Waals surface area contributed by atoms with Gasteiger partial charge in [0.1, 0.15) is 5.75 Å². The van der Waals surface area contributed by atoms with E-state index >= 15 is 0 Å². The smallest absolute Gasteiger partial charge is 0.166 e. The fourth-order valence-corrected chi connectivity index (χ4v) is 8.92. The lowest BCUT2D eigenvalue weighted by molar-refractivity contribution is 0.475. The highest BCUT2D eigenvalue weighted by Crippen LogP contribution is 2.37. The zero-order valence-electron chi connectivity index (χ0n) is 25.0. The van der Waals surface area contributed by atoms with Gasteiger partial charge in [0.15, 0.2) is 14.7 Å². The molecule has 1 N–H and O–H groups in total. The molecule has 0 aliphatic carbocycles. The van der Waals surface area contributed by atoms with Crippen LogP contribution in [0.4, 0.5) is 0 Å². The number of phenols is 1. The van der Waals surface area contributed by atoms with E-state index in [4.69, 9.17) is 0 Å². The van der Waals surface area contributed by atoms with Gasteiger partial charge < -0.3 is 5.11 Å². The molecule has 0 radical (unpaired) electrons. The maximum absolute atomic E-state index is 9.99. The third-order valence-electron chi connectivity index (χ3n) is 7.59. The molecule has 46 heavy (non-hydrogen) atoms. The van der Waals surface area contributed by atoms with E-state index in [1.807, 2.05) is 24.3 Å². The van der Waals surface area contributed by atoms with Gasteiger partial charge in [0, 0.05) is 19.6 Å². The molecule has 0 unspecified atom stereocenters. The van der Waals surface area contributed by atoms with Crippen LogP contribution in [0.15, 0.2) is 216 Å². The van der Waals surface area contributed by atoms with E-state index in [2.05, 4.69) is 146 Å². The van der Waals surface area contributed by atoms with Gasteiger partial charge in [-0.2, -0.15) is 0 Å². The van der Waals surface area contributed by atoms with E-state index in [1.165, 1.54) is 56.5 Å². The molecule has 0 aromatic heterocycles. The molecular formula is C42H31OS3+. The highest BCUT2D eigenvalue weighted by atomic mass is 32.2. The minimum Gasteiger partial charge on any atom is -0.508 e. The van der Waals surface area contributed by atoms with Crippen LogP contribution in [-0.2, 0) is 10.9 Å². The Hall–Kier alpha value is -4.61. The maximum Gasteiger partial charge on any atom is 0.166 e. The number of hydrogen-bond acceptors (Lipinski definition) is 3.